The number of hydrogen-bond donors (Lipinski definition) is 0. The molecule has 0 saturated carbocycles. The highest BCUT2D eigenvalue weighted by Crippen LogP contribution is 2.33. The third-order valence-electron chi connectivity index (χ3n) is 10.4. The molecule has 1 fully saturated rings. The largest absolute Gasteiger partial charge is 0.381 e. The van der Waals surface area contributed by atoms with Crippen molar-refractivity contribution in [2.75, 3.05) is 13.2 Å². The standard InChI is InChI=1S/C36H42S4.C14H20S.C4H8O/c1-3-5-7-9-11-13-15-29-17-19-31(37-29)21-23-33-25-27-35(39-33)36-28-26-34(40-36)24-22-32-20-18-30(38-32)16-14-12-10-8-6-4-2;1-3-5-6-7-8-9-10-14-12-11-13(4-2)15-14;1-2-4-5-3-1/h17-20,25-28H,3-16H2,1-2H3;2,11-12H,3,5-10H2,1H3;1-4H2. The zero-order valence-corrected chi connectivity index (χ0v) is 41.1. The Morgan fingerprint density at radius 3 is 1.05 bits per heavy atom. The highest BCUT2D eigenvalue weighted by Gasteiger charge is 2.06. The number of terminal acetylenes is 1. The third kappa shape index (κ3) is 21.3. The molecule has 5 aromatic rings. The zero-order valence-electron chi connectivity index (χ0n) is 37.0. The Labute approximate surface area is 385 Å². The predicted octanol–water partition coefficient (Wildman–Crippen LogP) is 17.6. The van der Waals surface area contributed by atoms with E-state index < -0.39 is 0 Å². The van der Waals surface area contributed by atoms with E-state index in [1.54, 1.807) is 34.0 Å². The van der Waals surface area contributed by atoms with Crippen molar-refractivity contribution in [2.45, 2.75) is 168 Å². The van der Waals surface area contributed by atoms with Crippen molar-refractivity contribution in [3.63, 3.8) is 0 Å². The van der Waals surface area contributed by atoms with Crippen LogP contribution in [0.25, 0.3) is 9.75 Å². The van der Waals surface area contributed by atoms with Crippen LogP contribution in [-0.4, -0.2) is 13.2 Å². The molecule has 6 heteroatoms. The summed E-state index contributed by atoms with van der Waals surface area (Å²) in [6.45, 7) is 8.81. The van der Waals surface area contributed by atoms with Gasteiger partial charge in [-0.3, -0.25) is 0 Å². The van der Waals surface area contributed by atoms with Crippen LogP contribution >= 0.6 is 56.7 Å². The van der Waals surface area contributed by atoms with Gasteiger partial charge in [-0.25, -0.2) is 0 Å². The molecule has 1 aliphatic heterocycles. The van der Waals surface area contributed by atoms with Gasteiger partial charge in [-0.1, -0.05) is 123 Å². The molecular formula is C54H70OS5. The molecular weight excluding hydrogens is 825 g/mol. The van der Waals surface area contributed by atoms with Crippen LogP contribution in [0.3, 0.4) is 0 Å². The number of ether oxygens (including phenoxy) is 1. The molecule has 0 spiro atoms. The lowest BCUT2D eigenvalue weighted by molar-refractivity contribution is 0.198. The molecule has 6 rings (SSSR count). The lowest BCUT2D eigenvalue weighted by Crippen LogP contribution is -1.82. The van der Waals surface area contributed by atoms with Crippen LogP contribution < -0.4 is 0 Å². The second kappa shape index (κ2) is 31.9. The predicted molar refractivity (Wildman–Crippen MR) is 272 cm³/mol. The average molecular weight is 895 g/mol. The van der Waals surface area contributed by atoms with E-state index in [2.05, 4.69) is 111 Å². The van der Waals surface area contributed by atoms with Gasteiger partial charge in [-0.2, -0.15) is 0 Å². The highest BCUT2D eigenvalue weighted by atomic mass is 32.1. The van der Waals surface area contributed by atoms with E-state index in [0.717, 1.165) is 27.8 Å². The van der Waals surface area contributed by atoms with E-state index in [1.165, 1.54) is 182 Å². The Hall–Kier alpha value is -2.86. The number of unbranched alkanes of at least 4 members (excludes halogenated alkanes) is 15. The Balaban J connectivity index is 0.000000324. The lowest BCUT2D eigenvalue weighted by Gasteiger charge is -1.98. The summed E-state index contributed by atoms with van der Waals surface area (Å²) in [5.41, 5.74) is 0. The van der Waals surface area contributed by atoms with Gasteiger partial charge in [0.1, 0.15) is 0 Å². The van der Waals surface area contributed by atoms with Crippen LogP contribution in [-0.2, 0) is 24.0 Å². The van der Waals surface area contributed by atoms with Crippen LogP contribution in [0.4, 0.5) is 0 Å². The molecule has 0 radical (unpaired) electrons. The van der Waals surface area contributed by atoms with Crippen LogP contribution in [0.5, 0.6) is 0 Å². The fourth-order valence-corrected chi connectivity index (χ4v) is 11.3. The Morgan fingerprint density at radius 1 is 0.400 bits per heavy atom. The van der Waals surface area contributed by atoms with Gasteiger partial charge in [0.15, 0.2) is 0 Å². The minimum atomic E-state index is 1.00. The fourth-order valence-electron chi connectivity index (χ4n) is 6.82. The Kier molecular flexibility index (Phi) is 26.5. The monoisotopic (exact) mass is 894 g/mol. The summed E-state index contributed by atoms with van der Waals surface area (Å²) in [4.78, 5) is 12.6. The minimum Gasteiger partial charge on any atom is -0.381 e. The van der Waals surface area contributed by atoms with Gasteiger partial charge in [0.2, 0.25) is 0 Å². The van der Waals surface area contributed by atoms with E-state index >= 15 is 0 Å². The Morgan fingerprint density at radius 2 is 0.717 bits per heavy atom. The molecule has 1 aliphatic rings. The summed E-state index contributed by atoms with van der Waals surface area (Å²) in [5.74, 6) is 16.3. The SMILES string of the molecule is C#Cc1ccc(CCCCCCCC)s1.C1CCOC1.CCCCCCCCc1ccc(C#Cc2ccc(-c3ccc(C#Cc4ccc(CCCCCCCC)s4)s3)s2)s1. The molecule has 1 nitrogen and oxygen atoms in total. The van der Waals surface area contributed by atoms with E-state index in [9.17, 15) is 0 Å². The van der Waals surface area contributed by atoms with Crippen LogP contribution in [0.15, 0.2) is 60.7 Å². The average Bonchev–Trinajstić information content (AvgIpc) is 4.13. The molecule has 60 heavy (non-hydrogen) atoms. The minimum absolute atomic E-state index is 1.00. The first kappa shape index (κ1) is 49.8. The van der Waals surface area contributed by atoms with Crippen molar-refractivity contribution < 1.29 is 4.74 Å². The van der Waals surface area contributed by atoms with Gasteiger partial charge < -0.3 is 4.74 Å². The summed E-state index contributed by atoms with van der Waals surface area (Å²) in [6, 6.07) is 21.8. The third-order valence-corrected chi connectivity index (χ3v) is 15.8. The molecule has 322 valence electrons. The van der Waals surface area contributed by atoms with E-state index in [4.69, 9.17) is 11.2 Å². The highest BCUT2D eigenvalue weighted by molar-refractivity contribution is 7.22. The van der Waals surface area contributed by atoms with Crippen LogP contribution in [0.1, 0.15) is 188 Å². The van der Waals surface area contributed by atoms with E-state index in [1.807, 2.05) is 22.7 Å². The molecule has 0 aromatic carbocycles. The van der Waals surface area contributed by atoms with Gasteiger partial charge in [0.05, 0.1) is 24.4 Å². The summed E-state index contributed by atoms with van der Waals surface area (Å²) >= 11 is 9.03. The number of rotatable bonds is 22. The maximum absolute atomic E-state index is 5.33. The second-order valence-electron chi connectivity index (χ2n) is 15.6. The summed E-state index contributed by atoms with van der Waals surface area (Å²) in [6.07, 6.45) is 35.9. The molecule has 0 unspecified atom stereocenters. The summed E-state index contributed by atoms with van der Waals surface area (Å²) in [5, 5.41) is 0. The lowest BCUT2D eigenvalue weighted by atomic mass is 10.1. The molecule has 0 aliphatic carbocycles. The van der Waals surface area contributed by atoms with Crippen molar-refractivity contribution in [3.05, 3.63) is 99.7 Å². The number of hydrogen-bond acceptors (Lipinski definition) is 6. The maximum atomic E-state index is 5.33. The van der Waals surface area contributed by atoms with Crippen LogP contribution in [0.2, 0.25) is 0 Å². The molecule has 0 atom stereocenters. The number of aryl methyl sites for hydroxylation is 3. The zero-order chi connectivity index (χ0) is 42.3. The van der Waals surface area contributed by atoms with Crippen LogP contribution in [0, 0.1) is 36.0 Å². The summed E-state index contributed by atoms with van der Waals surface area (Å²) < 4.78 is 4.94. The van der Waals surface area contributed by atoms with E-state index in [-0.39, 0.29) is 0 Å². The van der Waals surface area contributed by atoms with Crippen molar-refractivity contribution in [2.24, 2.45) is 0 Å². The van der Waals surface area contributed by atoms with Gasteiger partial charge in [0, 0.05) is 37.6 Å². The molecule has 6 heterocycles. The van der Waals surface area contributed by atoms with Gasteiger partial charge in [0.25, 0.3) is 0 Å². The smallest absolute Gasteiger partial charge is 0.0779 e. The summed E-state index contributed by atoms with van der Waals surface area (Å²) in [7, 11) is 0. The van der Waals surface area contributed by atoms with Gasteiger partial charge >= 0.3 is 0 Å². The molecule has 0 bridgehead atoms. The fraction of sp³-hybridized carbons (Fsp3) is 0.519. The molecule has 0 amide bonds. The first-order valence-corrected chi connectivity index (χ1v) is 27.2. The van der Waals surface area contributed by atoms with E-state index in [0.29, 0.717) is 0 Å². The number of thiophene rings is 5. The second-order valence-corrected chi connectivity index (χ2v) is 21.3. The first-order valence-electron chi connectivity index (χ1n) is 23.1. The molecule has 5 aromatic heterocycles. The van der Waals surface area contributed by atoms with Crippen molar-refractivity contribution in [1.29, 1.82) is 0 Å². The maximum Gasteiger partial charge on any atom is 0.0779 e. The molecule has 1 saturated heterocycles. The van der Waals surface area contributed by atoms with Crippen molar-refractivity contribution in [3.8, 4) is 45.8 Å². The first-order chi connectivity index (χ1) is 29.6. The molecule has 0 N–H and O–H groups in total. The van der Waals surface area contributed by atoms with Gasteiger partial charge in [-0.15, -0.1) is 63.1 Å². The van der Waals surface area contributed by atoms with Gasteiger partial charge in [-0.05, 0) is 136 Å². The quantitative estimate of drug-likeness (QED) is 0.0497. The topological polar surface area (TPSA) is 9.23 Å². The van der Waals surface area contributed by atoms with Crippen molar-refractivity contribution in [1.82, 2.24) is 0 Å². The van der Waals surface area contributed by atoms with Crippen molar-refractivity contribution >= 4 is 56.7 Å². The normalized spacial score (nSPS) is 11.7. The Bertz CT molecular complexity index is 1900.